The van der Waals surface area contributed by atoms with Gasteiger partial charge in [-0.15, -0.1) is 0 Å². The highest BCUT2D eigenvalue weighted by Gasteiger charge is 2.28. The zero-order valence-electron chi connectivity index (χ0n) is 11.7. The molecule has 1 aromatic rings. The standard InChI is InChI=1S/C16H20O3/c1-4-18-16(17)15-10-14(19-12(15)3)9-13-7-5-6-11(2)8-13/h5-8,14H,4,9-10H2,1-3H3. The fourth-order valence-electron chi connectivity index (χ4n) is 2.40. The Balaban J connectivity index is 1.98. The van der Waals surface area contributed by atoms with Crippen LogP contribution in [0.5, 0.6) is 0 Å². The zero-order chi connectivity index (χ0) is 13.8. The molecule has 102 valence electrons. The van der Waals surface area contributed by atoms with Gasteiger partial charge in [0, 0.05) is 12.8 Å². The van der Waals surface area contributed by atoms with E-state index in [9.17, 15) is 4.79 Å². The summed E-state index contributed by atoms with van der Waals surface area (Å²) in [5.41, 5.74) is 3.16. The molecule has 0 N–H and O–H groups in total. The minimum atomic E-state index is -0.244. The molecule has 3 nitrogen and oxygen atoms in total. The first-order valence-electron chi connectivity index (χ1n) is 6.69. The molecule has 1 heterocycles. The van der Waals surface area contributed by atoms with Crippen molar-refractivity contribution in [3.63, 3.8) is 0 Å². The second-order valence-electron chi connectivity index (χ2n) is 4.89. The van der Waals surface area contributed by atoms with Crippen LogP contribution >= 0.6 is 0 Å². The van der Waals surface area contributed by atoms with Crippen molar-refractivity contribution in [2.75, 3.05) is 6.61 Å². The highest BCUT2D eigenvalue weighted by atomic mass is 16.5. The largest absolute Gasteiger partial charge is 0.494 e. The Kier molecular flexibility index (Phi) is 4.25. The molecule has 0 aliphatic carbocycles. The lowest BCUT2D eigenvalue weighted by Gasteiger charge is -2.12. The molecule has 1 aromatic carbocycles. The number of carbonyl (C=O) groups excluding carboxylic acids is 1. The van der Waals surface area contributed by atoms with Crippen molar-refractivity contribution in [3.05, 3.63) is 46.7 Å². The summed E-state index contributed by atoms with van der Waals surface area (Å²) in [4.78, 5) is 11.7. The molecule has 19 heavy (non-hydrogen) atoms. The molecule has 1 atom stereocenters. The van der Waals surface area contributed by atoms with Crippen LogP contribution in [0.3, 0.4) is 0 Å². The van der Waals surface area contributed by atoms with Gasteiger partial charge >= 0.3 is 5.97 Å². The van der Waals surface area contributed by atoms with Crippen LogP contribution in [0.4, 0.5) is 0 Å². The Morgan fingerprint density at radius 3 is 2.89 bits per heavy atom. The number of esters is 1. The van der Waals surface area contributed by atoms with Crippen molar-refractivity contribution in [3.8, 4) is 0 Å². The van der Waals surface area contributed by atoms with Crippen molar-refractivity contribution < 1.29 is 14.3 Å². The van der Waals surface area contributed by atoms with Crippen molar-refractivity contribution in [2.45, 2.75) is 39.7 Å². The SMILES string of the molecule is CCOC(=O)C1=C(C)OC(Cc2cccc(C)c2)C1. The molecule has 1 unspecified atom stereocenters. The van der Waals surface area contributed by atoms with Crippen molar-refractivity contribution in [1.82, 2.24) is 0 Å². The molecule has 0 aromatic heterocycles. The van der Waals surface area contributed by atoms with Crippen LogP contribution in [0.2, 0.25) is 0 Å². The zero-order valence-corrected chi connectivity index (χ0v) is 11.7. The lowest BCUT2D eigenvalue weighted by molar-refractivity contribution is -0.138. The van der Waals surface area contributed by atoms with Gasteiger partial charge in [-0.25, -0.2) is 4.79 Å². The van der Waals surface area contributed by atoms with E-state index in [1.165, 1.54) is 11.1 Å². The van der Waals surface area contributed by atoms with Crippen LogP contribution in [-0.2, 0) is 20.7 Å². The van der Waals surface area contributed by atoms with Gasteiger partial charge in [-0.3, -0.25) is 0 Å². The maximum atomic E-state index is 11.7. The number of allylic oxidation sites excluding steroid dienone is 1. The minimum absolute atomic E-state index is 0.0428. The summed E-state index contributed by atoms with van der Waals surface area (Å²) in [6, 6.07) is 8.37. The van der Waals surface area contributed by atoms with Crippen LogP contribution in [0, 0.1) is 6.92 Å². The maximum Gasteiger partial charge on any atom is 0.337 e. The summed E-state index contributed by atoms with van der Waals surface area (Å²) >= 11 is 0. The third kappa shape index (κ3) is 3.37. The number of rotatable bonds is 4. The first-order valence-corrected chi connectivity index (χ1v) is 6.69. The van der Waals surface area contributed by atoms with Gasteiger partial charge in [0.1, 0.15) is 11.9 Å². The van der Waals surface area contributed by atoms with Crippen LogP contribution < -0.4 is 0 Å². The molecule has 1 aliphatic heterocycles. The van der Waals surface area contributed by atoms with Crippen LogP contribution in [0.1, 0.15) is 31.4 Å². The van der Waals surface area contributed by atoms with Crippen LogP contribution in [-0.4, -0.2) is 18.7 Å². The highest BCUT2D eigenvalue weighted by molar-refractivity contribution is 5.89. The molecule has 0 saturated heterocycles. The summed E-state index contributed by atoms with van der Waals surface area (Å²) in [6.45, 7) is 6.13. The summed E-state index contributed by atoms with van der Waals surface area (Å²) in [7, 11) is 0. The van der Waals surface area contributed by atoms with Crippen molar-refractivity contribution >= 4 is 5.97 Å². The Labute approximate surface area is 114 Å². The summed E-state index contributed by atoms with van der Waals surface area (Å²) in [5, 5.41) is 0. The first kappa shape index (κ1) is 13.7. The van der Waals surface area contributed by atoms with Gasteiger partial charge in [0.2, 0.25) is 0 Å². The maximum absolute atomic E-state index is 11.7. The van der Waals surface area contributed by atoms with Gasteiger partial charge in [0.25, 0.3) is 0 Å². The topological polar surface area (TPSA) is 35.5 Å². The predicted molar refractivity (Wildman–Crippen MR) is 73.7 cm³/mol. The quantitative estimate of drug-likeness (QED) is 0.780. The minimum Gasteiger partial charge on any atom is -0.494 e. The van der Waals surface area contributed by atoms with Crippen molar-refractivity contribution in [1.29, 1.82) is 0 Å². The molecule has 1 aliphatic rings. The van der Waals surface area contributed by atoms with E-state index in [0.717, 1.165) is 6.42 Å². The Morgan fingerprint density at radius 2 is 2.21 bits per heavy atom. The second kappa shape index (κ2) is 5.91. The van der Waals surface area contributed by atoms with Gasteiger partial charge in [-0.1, -0.05) is 29.8 Å². The predicted octanol–water partition coefficient (Wildman–Crippen LogP) is 3.16. The third-order valence-electron chi connectivity index (χ3n) is 3.27. The number of hydrogen-bond donors (Lipinski definition) is 0. The van der Waals surface area contributed by atoms with E-state index in [2.05, 4.69) is 25.1 Å². The number of aryl methyl sites for hydroxylation is 1. The lowest BCUT2D eigenvalue weighted by atomic mass is 10.0. The molecule has 0 radical (unpaired) electrons. The first-order chi connectivity index (χ1) is 9.10. The van der Waals surface area contributed by atoms with E-state index < -0.39 is 0 Å². The molecular weight excluding hydrogens is 240 g/mol. The monoisotopic (exact) mass is 260 g/mol. The van der Waals surface area contributed by atoms with E-state index in [4.69, 9.17) is 9.47 Å². The molecule has 0 spiro atoms. The Morgan fingerprint density at radius 1 is 1.42 bits per heavy atom. The number of ether oxygens (including phenoxy) is 2. The average Bonchev–Trinajstić information content (AvgIpc) is 2.70. The van der Waals surface area contributed by atoms with E-state index in [0.29, 0.717) is 24.4 Å². The van der Waals surface area contributed by atoms with Crippen LogP contribution in [0.25, 0.3) is 0 Å². The summed E-state index contributed by atoms with van der Waals surface area (Å²) < 4.78 is 10.8. The number of carbonyl (C=O) groups is 1. The highest BCUT2D eigenvalue weighted by Crippen LogP contribution is 2.28. The molecule has 3 heteroatoms. The second-order valence-corrected chi connectivity index (χ2v) is 4.89. The van der Waals surface area contributed by atoms with E-state index in [-0.39, 0.29) is 12.1 Å². The summed E-state index contributed by atoms with van der Waals surface area (Å²) in [5.74, 6) is 0.461. The molecule has 2 rings (SSSR count). The fourth-order valence-corrected chi connectivity index (χ4v) is 2.40. The van der Waals surface area contributed by atoms with Gasteiger partial charge in [-0.2, -0.15) is 0 Å². The van der Waals surface area contributed by atoms with Gasteiger partial charge in [0.15, 0.2) is 0 Å². The van der Waals surface area contributed by atoms with Crippen LogP contribution in [0.15, 0.2) is 35.6 Å². The Bertz CT molecular complexity index is 502. The molecule has 0 bridgehead atoms. The van der Waals surface area contributed by atoms with E-state index >= 15 is 0 Å². The van der Waals surface area contributed by atoms with Gasteiger partial charge < -0.3 is 9.47 Å². The molecular formula is C16H20O3. The molecule has 0 amide bonds. The smallest absolute Gasteiger partial charge is 0.337 e. The average molecular weight is 260 g/mol. The van der Waals surface area contributed by atoms with E-state index in [1.54, 1.807) is 0 Å². The Hall–Kier alpha value is -1.77. The summed E-state index contributed by atoms with van der Waals surface area (Å²) in [6.07, 6.45) is 1.50. The lowest BCUT2D eigenvalue weighted by Crippen LogP contribution is -2.12. The van der Waals surface area contributed by atoms with Gasteiger partial charge in [0.05, 0.1) is 12.2 Å². The third-order valence-corrected chi connectivity index (χ3v) is 3.27. The van der Waals surface area contributed by atoms with E-state index in [1.807, 2.05) is 19.9 Å². The normalized spacial score (nSPS) is 18.4. The molecule has 0 saturated carbocycles. The van der Waals surface area contributed by atoms with Crippen molar-refractivity contribution in [2.24, 2.45) is 0 Å². The fraction of sp³-hybridized carbons (Fsp3) is 0.438. The molecule has 0 fully saturated rings. The number of benzene rings is 1. The number of hydrogen-bond acceptors (Lipinski definition) is 3. The van der Waals surface area contributed by atoms with Gasteiger partial charge in [-0.05, 0) is 26.3 Å².